The van der Waals surface area contributed by atoms with Crippen molar-refractivity contribution in [2.45, 2.75) is 52.4 Å². The summed E-state index contributed by atoms with van der Waals surface area (Å²) in [6.07, 6.45) is 8.00. The normalized spacial score (nSPS) is 15.0. The summed E-state index contributed by atoms with van der Waals surface area (Å²) < 4.78 is 0. The van der Waals surface area contributed by atoms with Crippen LogP contribution < -0.4 is 10.6 Å². The summed E-state index contributed by atoms with van der Waals surface area (Å²) >= 11 is 0. The molecule has 0 radical (unpaired) electrons. The maximum atomic E-state index is 11.5. The highest BCUT2D eigenvalue weighted by molar-refractivity contribution is 5.96. The van der Waals surface area contributed by atoms with E-state index in [-0.39, 0.29) is 18.2 Å². The quantitative estimate of drug-likeness (QED) is 0.548. The van der Waals surface area contributed by atoms with E-state index in [9.17, 15) is 9.59 Å². The molecule has 0 aliphatic heterocycles. The highest BCUT2D eigenvalue weighted by atomic mass is 16.2. The number of hydrogen-bond acceptors (Lipinski definition) is 2. The number of hydrogen-bond donors (Lipinski definition) is 2. The van der Waals surface area contributed by atoms with Gasteiger partial charge in [0.25, 0.3) is 0 Å². The van der Waals surface area contributed by atoms with Crippen LogP contribution in [0.15, 0.2) is 11.6 Å². The molecule has 0 aromatic carbocycles. The van der Waals surface area contributed by atoms with Crippen molar-refractivity contribution < 1.29 is 9.59 Å². The largest absolute Gasteiger partial charge is 0.355 e. The summed E-state index contributed by atoms with van der Waals surface area (Å²) in [7, 11) is 0. The van der Waals surface area contributed by atoms with Gasteiger partial charge in [0.1, 0.15) is 6.42 Å². The molecule has 4 heteroatoms. The van der Waals surface area contributed by atoms with Gasteiger partial charge in [0, 0.05) is 13.1 Å². The van der Waals surface area contributed by atoms with Crippen molar-refractivity contribution in [3.63, 3.8) is 0 Å². The Morgan fingerprint density at radius 2 is 1.95 bits per heavy atom. The molecule has 0 aromatic heterocycles. The smallest absolute Gasteiger partial charge is 0.229 e. The summed E-state index contributed by atoms with van der Waals surface area (Å²) in [4.78, 5) is 23.0. The van der Waals surface area contributed by atoms with Gasteiger partial charge < -0.3 is 10.6 Å². The third kappa shape index (κ3) is 7.65. The number of amides is 2. The van der Waals surface area contributed by atoms with Gasteiger partial charge in [-0.2, -0.15) is 0 Å². The molecule has 2 amide bonds. The van der Waals surface area contributed by atoms with Crippen LogP contribution in [0.5, 0.6) is 0 Å². The lowest BCUT2D eigenvalue weighted by molar-refractivity contribution is -0.129. The van der Waals surface area contributed by atoms with Gasteiger partial charge in [-0.1, -0.05) is 25.5 Å². The predicted octanol–water partition coefficient (Wildman–Crippen LogP) is 2.16. The summed E-state index contributed by atoms with van der Waals surface area (Å²) in [5.74, 6) is 0.0333. The second-order valence-corrected chi connectivity index (χ2v) is 5.58. The van der Waals surface area contributed by atoms with E-state index >= 15 is 0 Å². The molecule has 108 valence electrons. The first-order valence-electron chi connectivity index (χ1n) is 7.29. The van der Waals surface area contributed by atoms with E-state index in [2.05, 4.69) is 16.7 Å². The molecule has 4 nitrogen and oxygen atoms in total. The van der Waals surface area contributed by atoms with Crippen molar-refractivity contribution in [1.29, 1.82) is 0 Å². The van der Waals surface area contributed by atoms with Crippen LogP contribution in [0.1, 0.15) is 52.4 Å². The lowest BCUT2D eigenvalue weighted by atomic mass is 9.97. The second-order valence-electron chi connectivity index (χ2n) is 5.58. The first kappa shape index (κ1) is 15.7. The first-order valence-corrected chi connectivity index (χ1v) is 7.29. The van der Waals surface area contributed by atoms with Crippen molar-refractivity contribution in [1.82, 2.24) is 10.6 Å². The van der Waals surface area contributed by atoms with Gasteiger partial charge in [0.05, 0.1) is 0 Å². The summed E-state index contributed by atoms with van der Waals surface area (Å²) in [6, 6.07) is 0. The number of rotatable bonds is 7. The minimum absolute atomic E-state index is 0.0637. The second kappa shape index (κ2) is 8.73. The topological polar surface area (TPSA) is 58.2 Å². The number of allylic oxidation sites excluding steroid dienone is 1. The Kier molecular flexibility index (Phi) is 7.23. The van der Waals surface area contributed by atoms with Crippen molar-refractivity contribution in [3.8, 4) is 0 Å². The SMILES string of the molecule is CC(C)CNC(=O)CC(=O)NCCC1=CCCCC1. The molecule has 0 fully saturated rings. The van der Waals surface area contributed by atoms with E-state index in [1.807, 2.05) is 13.8 Å². The Morgan fingerprint density at radius 1 is 1.21 bits per heavy atom. The zero-order valence-electron chi connectivity index (χ0n) is 12.1. The van der Waals surface area contributed by atoms with Crippen LogP contribution in [0.3, 0.4) is 0 Å². The molecule has 19 heavy (non-hydrogen) atoms. The Bertz CT molecular complexity index is 335. The number of nitrogens with one attached hydrogen (secondary N) is 2. The molecule has 0 aromatic rings. The fourth-order valence-corrected chi connectivity index (χ4v) is 2.08. The van der Waals surface area contributed by atoms with Gasteiger partial charge in [-0.15, -0.1) is 0 Å². The third-order valence-corrected chi connectivity index (χ3v) is 3.18. The van der Waals surface area contributed by atoms with E-state index in [0.717, 1.165) is 12.8 Å². The molecule has 0 saturated carbocycles. The minimum atomic E-state index is -0.192. The lowest BCUT2D eigenvalue weighted by Crippen LogP contribution is -2.34. The Balaban J connectivity index is 2.10. The molecule has 2 N–H and O–H groups in total. The molecular weight excluding hydrogens is 240 g/mol. The zero-order valence-corrected chi connectivity index (χ0v) is 12.1. The molecule has 0 unspecified atom stereocenters. The first-order chi connectivity index (χ1) is 9.08. The summed E-state index contributed by atoms with van der Waals surface area (Å²) in [6.45, 7) is 5.32. The van der Waals surface area contributed by atoms with E-state index < -0.39 is 0 Å². The average molecular weight is 266 g/mol. The van der Waals surface area contributed by atoms with Crippen molar-refractivity contribution in [2.24, 2.45) is 5.92 Å². The van der Waals surface area contributed by atoms with Crippen LogP contribution >= 0.6 is 0 Å². The molecule has 0 spiro atoms. The fraction of sp³-hybridized carbons (Fsp3) is 0.733. The Morgan fingerprint density at radius 3 is 2.58 bits per heavy atom. The van der Waals surface area contributed by atoms with E-state index in [0.29, 0.717) is 19.0 Å². The standard InChI is InChI=1S/C15H26N2O2/c1-12(2)11-17-15(19)10-14(18)16-9-8-13-6-4-3-5-7-13/h6,12H,3-5,7-11H2,1-2H3,(H,16,18)(H,17,19). The summed E-state index contributed by atoms with van der Waals surface area (Å²) in [5, 5.41) is 5.55. The number of carbonyl (C=O) groups is 2. The maximum absolute atomic E-state index is 11.5. The molecule has 1 aliphatic rings. The minimum Gasteiger partial charge on any atom is -0.355 e. The van der Waals surface area contributed by atoms with Gasteiger partial charge in [-0.25, -0.2) is 0 Å². The van der Waals surface area contributed by atoms with Crippen LogP contribution in [-0.4, -0.2) is 24.9 Å². The van der Waals surface area contributed by atoms with Gasteiger partial charge in [-0.05, 0) is 38.0 Å². The monoisotopic (exact) mass is 266 g/mol. The van der Waals surface area contributed by atoms with Crippen LogP contribution in [0.2, 0.25) is 0 Å². The highest BCUT2D eigenvalue weighted by Crippen LogP contribution is 2.19. The third-order valence-electron chi connectivity index (χ3n) is 3.18. The molecule has 1 aliphatic carbocycles. The predicted molar refractivity (Wildman–Crippen MR) is 76.6 cm³/mol. The van der Waals surface area contributed by atoms with Gasteiger partial charge in [-0.3, -0.25) is 9.59 Å². The maximum Gasteiger partial charge on any atom is 0.229 e. The Hall–Kier alpha value is -1.32. The van der Waals surface area contributed by atoms with Crippen molar-refractivity contribution >= 4 is 11.8 Å². The van der Waals surface area contributed by atoms with Gasteiger partial charge in [0.2, 0.25) is 11.8 Å². The Labute approximate surface area is 116 Å². The molecular formula is C15H26N2O2. The summed E-state index contributed by atoms with van der Waals surface area (Å²) in [5.41, 5.74) is 1.44. The van der Waals surface area contributed by atoms with Crippen molar-refractivity contribution in [2.75, 3.05) is 13.1 Å². The molecule has 0 bridgehead atoms. The molecule has 0 heterocycles. The van der Waals surface area contributed by atoms with Crippen LogP contribution in [0.4, 0.5) is 0 Å². The fourth-order valence-electron chi connectivity index (χ4n) is 2.08. The van der Waals surface area contributed by atoms with E-state index in [1.165, 1.54) is 24.8 Å². The van der Waals surface area contributed by atoms with Crippen LogP contribution in [0, 0.1) is 5.92 Å². The highest BCUT2D eigenvalue weighted by Gasteiger charge is 2.09. The van der Waals surface area contributed by atoms with Gasteiger partial charge >= 0.3 is 0 Å². The van der Waals surface area contributed by atoms with Gasteiger partial charge in [0.15, 0.2) is 0 Å². The van der Waals surface area contributed by atoms with E-state index in [4.69, 9.17) is 0 Å². The average Bonchev–Trinajstić information content (AvgIpc) is 2.37. The molecule has 0 saturated heterocycles. The van der Waals surface area contributed by atoms with E-state index in [1.54, 1.807) is 0 Å². The number of carbonyl (C=O) groups excluding carboxylic acids is 2. The van der Waals surface area contributed by atoms with Crippen molar-refractivity contribution in [3.05, 3.63) is 11.6 Å². The molecule has 1 rings (SSSR count). The lowest BCUT2D eigenvalue weighted by Gasteiger charge is -2.13. The van der Waals surface area contributed by atoms with Crippen LogP contribution in [0.25, 0.3) is 0 Å². The molecule has 0 atom stereocenters. The zero-order chi connectivity index (χ0) is 14.1. The van der Waals surface area contributed by atoms with Crippen LogP contribution in [-0.2, 0) is 9.59 Å².